The monoisotopic (exact) mass is 520 g/mol. The van der Waals surface area contributed by atoms with Crippen LogP contribution in [-0.2, 0) is 9.59 Å². The van der Waals surface area contributed by atoms with E-state index in [1.54, 1.807) is 57.6 Å². The fourth-order valence-electron chi connectivity index (χ4n) is 3.49. The summed E-state index contributed by atoms with van der Waals surface area (Å²) < 4.78 is 0. The van der Waals surface area contributed by atoms with Crippen LogP contribution < -0.4 is 0 Å². The zero-order valence-electron chi connectivity index (χ0n) is 15.5. The highest BCUT2D eigenvalue weighted by molar-refractivity contribution is 8.00. The van der Waals surface area contributed by atoms with Crippen molar-refractivity contribution in [1.82, 2.24) is 9.80 Å². The van der Waals surface area contributed by atoms with E-state index in [0.29, 0.717) is 44.7 Å². The van der Waals surface area contributed by atoms with Gasteiger partial charge in [0.1, 0.15) is 10.7 Å². The molecular formula is C20H16Cl4N2O2S2. The van der Waals surface area contributed by atoms with Gasteiger partial charge in [0.05, 0.1) is 31.6 Å². The van der Waals surface area contributed by atoms with Crippen LogP contribution in [0.4, 0.5) is 0 Å². The first-order valence-electron chi connectivity index (χ1n) is 9.07. The van der Waals surface area contributed by atoms with E-state index in [-0.39, 0.29) is 22.6 Å². The lowest BCUT2D eigenvalue weighted by molar-refractivity contribution is -0.132. The van der Waals surface area contributed by atoms with Crippen molar-refractivity contribution >= 4 is 81.7 Å². The van der Waals surface area contributed by atoms with Gasteiger partial charge in [-0.3, -0.25) is 9.59 Å². The van der Waals surface area contributed by atoms with Gasteiger partial charge in [-0.25, -0.2) is 0 Å². The molecule has 2 saturated heterocycles. The van der Waals surface area contributed by atoms with Crippen LogP contribution in [0, 0.1) is 0 Å². The molecule has 4 rings (SSSR count). The molecule has 0 N–H and O–H groups in total. The van der Waals surface area contributed by atoms with Crippen molar-refractivity contribution in [3.8, 4) is 0 Å². The first-order valence-corrected chi connectivity index (χ1v) is 12.7. The van der Waals surface area contributed by atoms with Crippen LogP contribution in [0.5, 0.6) is 0 Å². The van der Waals surface area contributed by atoms with Crippen LogP contribution in [0.25, 0.3) is 0 Å². The Morgan fingerprint density at radius 1 is 0.700 bits per heavy atom. The van der Waals surface area contributed by atoms with Crippen LogP contribution in [0.15, 0.2) is 36.4 Å². The standard InChI is InChI=1S/C20H16Cl4N2O2S2/c21-13-3-1-11(7-15(13)23)19-25(17(27)9-29-19)5-6-26-18(28)10-30-20(26)12-2-4-14(22)16(24)8-12/h1-4,7-8,19-20H,5-6,9-10H2/t19-,20+. The first-order chi connectivity index (χ1) is 14.3. The highest BCUT2D eigenvalue weighted by Crippen LogP contribution is 2.42. The predicted molar refractivity (Wildman–Crippen MR) is 127 cm³/mol. The SMILES string of the molecule is O=C1CS[C@H](c2ccc(Cl)c(Cl)c2)N1CCN1C(=O)CS[C@H]1c1ccc(Cl)c(Cl)c1. The third kappa shape index (κ3) is 4.54. The number of hydrogen-bond acceptors (Lipinski definition) is 4. The molecule has 10 heteroatoms. The van der Waals surface area contributed by atoms with Gasteiger partial charge in [0.2, 0.25) is 11.8 Å². The molecule has 2 amide bonds. The lowest BCUT2D eigenvalue weighted by Gasteiger charge is -2.29. The molecule has 2 fully saturated rings. The molecule has 0 spiro atoms. The molecule has 0 unspecified atom stereocenters. The van der Waals surface area contributed by atoms with Gasteiger partial charge in [0, 0.05) is 13.1 Å². The minimum atomic E-state index is -0.152. The van der Waals surface area contributed by atoms with Gasteiger partial charge in [0.15, 0.2) is 0 Å². The Kier molecular flexibility index (Phi) is 7.02. The van der Waals surface area contributed by atoms with Crippen LogP contribution >= 0.6 is 69.9 Å². The predicted octanol–water partition coefficient (Wildman–Crippen LogP) is 6.15. The van der Waals surface area contributed by atoms with Crippen molar-refractivity contribution in [2.24, 2.45) is 0 Å². The van der Waals surface area contributed by atoms with Gasteiger partial charge in [-0.15, -0.1) is 23.5 Å². The summed E-state index contributed by atoms with van der Waals surface area (Å²) >= 11 is 27.5. The number of nitrogens with zero attached hydrogens (tertiary/aromatic N) is 2. The molecule has 0 saturated carbocycles. The van der Waals surface area contributed by atoms with Gasteiger partial charge >= 0.3 is 0 Å². The zero-order valence-corrected chi connectivity index (χ0v) is 20.1. The molecule has 2 aromatic carbocycles. The number of thioether (sulfide) groups is 2. The molecule has 2 aliphatic rings. The van der Waals surface area contributed by atoms with Gasteiger partial charge in [-0.1, -0.05) is 58.5 Å². The summed E-state index contributed by atoms with van der Waals surface area (Å²) in [6.45, 7) is 0.863. The first kappa shape index (κ1) is 22.4. The van der Waals surface area contributed by atoms with Crippen LogP contribution in [0.2, 0.25) is 20.1 Å². The molecular weight excluding hydrogens is 506 g/mol. The van der Waals surface area contributed by atoms with Crippen molar-refractivity contribution in [1.29, 1.82) is 0 Å². The second-order valence-electron chi connectivity index (χ2n) is 6.85. The van der Waals surface area contributed by atoms with Crippen LogP contribution in [0.1, 0.15) is 21.9 Å². The number of halogens is 4. The zero-order chi connectivity index (χ0) is 21.4. The van der Waals surface area contributed by atoms with Crippen molar-refractivity contribution in [3.05, 3.63) is 67.6 Å². The molecule has 2 aromatic rings. The molecule has 0 aliphatic carbocycles. The Bertz CT molecular complexity index is 927. The van der Waals surface area contributed by atoms with E-state index in [2.05, 4.69) is 0 Å². The van der Waals surface area contributed by atoms with E-state index in [4.69, 9.17) is 46.4 Å². The van der Waals surface area contributed by atoms with Gasteiger partial charge in [0.25, 0.3) is 0 Å². The molecule has 30 heavy (non-hydrogen) atoms. The summed E-state index contributed by atoms with van der Waals surface area (Å²) in [5.74, 6) is 0.871. The summed E-state index contributed by atoms with van der Waals surface area (Å²) in [5, 5.41) is 1.57. The Morgan fingerprint density at radius 2 is 1.10 bits per heavy atom. The van der Waals surface area contributed by atoms with E-state index in [1.807, 2.05) is 12.1 Å². The van der Waals surface area contributed by atoms with E-state index in [1.165, 1.54) is 0 Å². The average molecular weight is 522 g/mol. The Hall–Kier alpha value is -0.760. The highest BCUT2D eigenvalue weighted by atomic mass is 35.5. The smallest absolute Gasteiger partial charge is 0.233 e. The number of rotatable bonds is 5. The number of benzene rings is 2. The molecule has 158 valence electrons. The largest absolute Gasteiger partial charge is 0.324 e. The van der Waals surface area contributed by atoms with Crippen molar-refractivity contribution in [2.45, 2.75) is 10.7 Å². The quantitative estimate of drug-likeness (QED) is 0.473. The van der Waals surface area contributed by atoms with Crippen LogP contribution in [-0.4, -0.2) is 46.2 Å². The third-order valence-electron chi connectivity index (χ3n) is 4.98. The highest BCUT2D eigenvalue weighted by Gasteiger charge is 2.37. The average Bonchev–Trinajstić information content (AvgIpc) is 3.27. The summed E-state index contributed by atoms with van der Waals surface area (Å²) in [5.41, 5.74) is 1.84. The molecule has 0 aromatic heterocycles. The summed E-state index contributed by atoms with van der Waals surface area (Å²) in [7, 11) is 0. The maximum Gasteiger partial charge on any atom is 0.233 e. The maximum atomic E-state index is 12.5. The number of carbonyl (C=O) groups excluding carboxylic acids is 2. The van der Waals surface area contributed by atoms with Crippen LogP contribution in [0.3, 0.4) is 0 Å². The minimum Gasteiger partial charge on any atom is -0.324 e. The summed E-state index contributed by atoms with van der Waals surface area (Å²) in [4.78, 5) is 28.7. The lowest BCUT2D eigenvalue weighted by atomic mass is 10.2. The second kappa shape index (κ2) is 9.39. The van der Waals surface area contributed by atoms with E-state index < -0.39 is 0 Å². The summed E-state index contributed by atoms with van der Waals surface area (Å²) in [6.07, 6.45) is 0. The molecule has 2 aliphatic heterocycles. The third-order valence-corrected chi connectivity index (χ3v) is 8.97. The molecule has 0 radical (unpaired) electrons. The number of carbonyl (C=O) groups is 2. The summed E-state index contributed by atoms with van der Waals surface area (Å²) in [6, 6.07) is 10.8. The normalized spacial score (nSPS) is 21.7. The van der Waals surface area contributed by atoms with Gasteiger partial charge < -0.3 is 9.80 Å². The van der Waals surface area contributed by atoms with Crippen molar-refractivity contribution in [2.75, 3.05) is 24.6 Å². The molecule has 2 heterocycles. The van der Waals surface area contributed by atoms with Crippen molar-refractivity contribution in [3.63, 3.8) is 0 Å². The van der Waals surface area contributed by atoms with Gasteiger partial charge in [-0.05, 0) is 35.4 Å². The fourth-order valence-corrected chi connectivity index (χ4v) is 6.52. The topological polar surface area (TPSA) is 40.6 Å². The fraction of sp³-hybridized carbons (Fsp3) is 0.300. The lowest BCUT2D eigenvalue weighted by Crippen LogP contribution is -2.39. The number of amides is 2. The van der Waals surface area contributed by atoms with Crippen molar-refractivity contribution < 1.29 is 9.59 Å². The van der Waals surface area contributed by atoms with E-state index >= 15 is 0 Å². The number of hydrogen-bond donors (Lipinski definition) is 0. The van der Waals surface area contributed by atoms with E-state index in [0.717, 1.165) is 11.1 Å². The molecule has 0 bridgehead atoms. The van der Waals surface area contributed by atoms with Gasteiger partial charge in [-0.2, -0.15) is 0 Å². The molecule has 4 nitrogen and oxygen atoms in total. The minimum absolute atomic E-state index is 0.0430. The maximum absolute atomic E-state index is 12.5. The second-order valence-corrected chi connectivity index (χ2v) is 10.6. The Balaban J connectivity index is 1.50. The Labute approximate surface area is 203 Å². The molecule has 2 atom stereocenters. The Morgan fingerprint density at radius 3 is 1.47 bits per heavy atom. The van der Waals surface area contributed by atoms with E-state index in [9.17, 15) is 9.59 Å².